The predicted octanol–water partition coefficient (Wildman–Crippen LogP) is 3.86. The number of cyclic esters (lactones) is 1. The molecule has 0 bridgehead atoms. The summed E-state index contributed by atoms with van der Waals surface area (Å²) in [5, 5.41) is 9.59. The van der Waals surface area contributed by atoms with Crippen molar-refractivity contribution < 1.29 is 13.9 Å². The average molecular weight is 430 g/mol. The summed E-state index contributed by atoms with van der Waals surface area (Å²) in [5.74, 6) is -0.336. The summed E-state index contributed by atoms with van der Waals surface area (Å²) in [7, 11) is 0. The van der Waals surface area contributed by atoms with Gasteiger partial charge in [-0.2, -0.15) is 5.26 Å². The summed E-state index contributed by atoms with van der Waals surface area (Å²) in [6, 6.07) is 6.99. The topological polar surface area (TPSA) is 56.6 Å². The fourth-order valence-electron chi connectivity index (χ4n) is 3.30. The Bertz CT molecular complexity index is 793. The van der Waals surface area contributed by atoms with Crippen LogP contribution in [0.15, 0.2) is 40.8 Å². The fourth-order valence-corrected chi connectivity index (χ4v) is 4.89. The van der Waals surface area contributed by atoms with Crippen molar-refractivity contribution in [3.05, 3.63) is 46.6 Å². The SMILES string of the molecule is CC=C[As]C[C@@H]1CN(c2ccc(N3CCC(=CC#N)CC3)c(F)c2)C(=O)O1. The van der Waals surface area contributed by atoms with E-state index in [1.165, 1.54) is 11.0 Å². The van der Waals surface area contributed by atoms with E-state index in [4.69, 9.17) is 10.00 Å². The maximum atomic E-state index is 14.7. The number of allylic oxidation sites excluding steroid dienone is 2. The molecule has 0 aliphatic carbocycles. The molecule has 0 unspecified atom stereocenters. The number of carbonyl (C=O) groups is 1. The van der Waals surface area contributed by atoms with Crippen molar-refractivity contribution in [3.63, 3.8) is 0 Å². The van der Waals surface area contributed by atoms with Crippen LogP contribution in [0.1, 0.15) is 19.8 Å². The van der Waals surface area contributed by atoms with Gasteiger partial charge < -0.3 is 0 Å². The van der Waals surface area contributed by atoms with E-state index in [1.54, 1.807) is 18.2 Å². The van der Waals surface area contributed by atoms with Crippen LogP contribution in [0, 0.1) is 17.1 Å². The second-order valence-electron chi connectivity index (χ2n) is 6.52. The zero-order chi connectivity index (χ0) is 19.2. The molecule has 1 aromatic carbocycles. The first-order valence-corrected chi connectivity index (χ1v) is 11.4. The van der Waals surface area contributed by atoms with Crippen LogP contribution < -0.4 is 9.80 Å². The van der Waals surface area contributed by atoms with Crippen molar-refractivity contribution in [1.82, 2.24) is 0 Å². The monoisotopic (exact) mass is 430 g/mol. The summed E-state index contributed by atoms with van der Waals surface area (Å²) in [6.45, 7) is 3.82. The number of piperidine rings is 1. The molecule has 1 atom stereocenters. The summed E-state index contributed by atoms with van der Waals surface area (Å²) < 4.78 is 20.1. The van der Waals surface area contributed by atoms with Gasteiger partial charge in [0, 0.05) is 6.08 Å². The van der Waals surface area contributed by atoms with Gasteiger partial charge in [-0.25, -0.2) is 0 Å². The minimum absolute atomic E-state index is 0.0283. The Morgan fingerprint density at radius 3 is 2.85 bits per heavy atom. The predicted molar refractivity (Wildman–Crippen MR) is 105 cm³/mol. The van der Waals surface area contributed by atoms with E-state index in [-0.39, 0.29) is 27.7 Å². The van der Waals surface area contributed by atoms with Crippen LogP contribution in [-0.4, -0.2) is 47.6 Å². The molecule has 2 saturated heterocycles. The zero-order valence-corrected chi connectivity index (χ0v) is 17.1. The number of amides is 1. The van der Waals surface area contributed by atoms with Crippen LogP contribution in [0.25, 0.3) is 0 Å². The van der Waals surface area contributed by atoms with E-state index in [2.05, 4.69) is 10.9 Å². The normalized spacial score (nSPS) is 20.6. The number of halogens is 1. The third kappa shape index (κ3) is 4.73. The third-order valence-corrected chi connectivity index (χ3v) is 7.06. The number of benzene rings is 1. The van der Waals surface area contributed by atoms with Gasteiger partial charge in [0.05, 0.1) is 6.07 Å². The van der Waals surface area contributed by atoms with Gasteiger partial charge in [0.25, 0.3) is 0 Å². The van der Waals surface area contributed by atoms with Gasteiger partial charge in [0.1, 0.15) is 0 Å². The number of rotatable bonds is 5. The van der Waals surface area contributed by atoms with Gasteiger partial charge in [0.2, 0.25) is 0 Å². The Kier molecular flexibility index (Phi) is 6.58. The number of hydrogen-bond acceptors (Lipinski definition) is 4. The molecular formula is C20H22AsFN3O2. The van der Waals surface area contributed by atoms with Crippen LogP contribution in [0.3, 0.4) is 0 Å². The van der Waals surface area contributed by atoms with Gasteiger partial charge in [-0.05, 0) is 0 Å². The molecule has 1 amide bonds. The van der Waals surface area contributed by atoms with Crippen LogP contribution in [0.4, 0.5) is 20.6 Å². The van der Waals surface area contributed by atoms with Crippen LogP contribution in [-0.2, 0) is 4.74 Å². The first kappa shape index (κ1) is 19.5. The Balaban J connectivity index is 1.66. The number of carbonyl (C=O) groups excluding carboxylic acids is 1. The second kappa shape index (κ2) is 9.10. The van der Waals surface area contributed by atoms with Crippen molar-refractivity contribution >= 4 is 33.2 Å². The molecule has 1 aromatic rings. The number of hydrogen-bond donors (Lipinski definition) is 0. The molecule has 141 valence electrons. The van der Waals surface area contributed by atoms with Gasteiger partial charge in [-0.15, -0.1) is 0 Å². The van der Waals surface area contributed by atoms with Crippen LogP contribution in [0.5, 0.6) is 0 Å². The van der Waals surface area contributed by atoms with Gasteiger partial charge >= 0.3 is 148 Å². The van der Waals surface area contributed by atoms with E-state index in [1.807, 2.05) is 17.9 Å². The zero-order valence-electron chi connectivity index (χ0n) is 15.3. The molecule has 0 aromatic heterocycles. The quantitative estimate of drug-likeness (QED) is 0.526. The molecule has 2 aliphatic rings. The number of anilines is 2. The first-order valence-electron chi connectivity index (χ1n) is 9.00. The van der Waals surface area contributed by atoms with E-state index in [9.17, 15) is 9.18 Å². The summed E-state index contributed by atoms with van der Waals surface area (Å²) in [4.78, 5) is 17.8. The Morgan fingerprint density at radius 1 is 1.41 bits per heavy atom. The van der Waals surface area contributed by atoms with Crippen LogP contribution >= 0.6 is 0 Å². The number of ether oxygens (including phenoxy) is 1. The molecule has 7 heteroatoms. The molecule has 3 rings (SSSR count). The molecule has 2 heterocycles. The van der Waals surface area contributed by atoms with E-state index in [0.29, 0.717) is 31.0 Å². The van der Waals surface area contributed by atoms with Crippen molar-refractivity contribution in [2.75, 3.05) is 29.4 Å². The van der Waals surface area contributed by atoms with E-state index >= 15 is 0 Å². The van der Waals surface area contributed by atoms with E-state index in [0.717, 1.165) is 23.6 Å². The summed E-state index contributed by atoms with van der Waals surface area (Å²) >= 11 is 0.0283. The molecule has 2 aliphatic heterocycles. The molecule has 0 N–H and O–H groups in total. The standard InChI is InChI=1S/C20H22AsFN3O2/c1-2-8-21-13-17-14-25(20(26)27-17)16-3-4-19(18(22)12-16)24-10-6-15(5-9-23)7-11-24/h2-5,8,12,17H,6-7,10-11,13-14H2,1H3/t17-/m1/s1. The molecule has 5 nitrogen and oxygen atoms in total. The molecule has 2 fully saturated rings. The second-order valence-corrected chi connectivity index (χ2v) is 8.68. The molecule has 0 spiro atoms. The Labute approximate surface area is 165 Å². The van der Waals surface area contributed by atoms with Crippen molar-refractivity contribution in [2.45, 2.75) is 31.1 Å². The molecule has 27 heavy (non-hydrogen) atoms. The van der Waals surface area contributed by atoms with Crippen molar-refractivity contribution in [1.29, 1.82) is 5.26 Å². The minimum atomic E-state index is -0.405. The number of nitrogens with zero attached hydrogens (tertiary/aromatic N) is 3. The van der Waals surface area contributed by atoms with Gasteiger partial charge in [-0.1, -0.05) is 0 Å². The third-order valence-electron chi connectivity index (χ3n) is 4.70. The Hall–Kier alpha value is -2.25. The molecular weight excluding hydrogens is 408 g/mol. The number of nitriles is 1. The average Bonchev–Trinajstić information content (AvgIpc) is 3.03. The fraction of sp³-hybridized carbons (Fsp3) is 0.400. The summed E-state index contributed by atoms with van der Waals surface area (Å²) in [6.07, 6.45) is 4.61. The van der Waals surface area contributed by atoms with Gasteiger partial charge in [-0.3, -0.25) is 0 Å². The molecule has 0 saturated carbocycles. The summed E-state index contributed by atoms with van der Waals surface area (Å²) in [5.41, 5.74) is 2.18. The molecule has 1 radical (unpaired) electrons. The Morgan fingerprint density at radius 2 is 2.19 bits per heavy atom. The van der Waals surface area contributed by atoms with E-state index < -0.39 is 6.09 Å². The van der Waals surface area contributed by atoms with Crippen LogP contribution in [0.2, 0.25) is 5.21 Å². The van der Waals surface area contributed by atoms with Crippen molar-refractivity contribution in [2.24, 2.45) is 0 Å². The van der Waals surface area contributed by atoms with Crippen molar-refractivity contribution in [3.8, 4) is 6.07 Å². The maximum absolute atomic E-state index is 14.7. The van der Waals surface area contributed by atoms with Gasteiger partial charge in [0.15, 0.2) is 0 Å². The first-order chi connectivity index (χ1) is 13.1.